The molecule has 2 rings (SSSR count). The molecular weight excluding hydrogens is 332 g/mol. The average molecular weight is 354 g/mol. The fourth-order valence-corrected chi connectivity index (χ4v) is 2.33. The normalized spacial score (nSPS) is 10.0. The number of carbonyl (C=O) groups excluding carboxylic acids is 3. The van der Waals surface area contributed by atoms with Gasteiger partial charge in [0.2, 0.25) is 11.8 Å². The van der Waals surface area contributed by atoms with Crippen LogP contribution in [0.5, 0.6) is 0 Å². The summed E-state index contributed by atoms with van der Waals surface area (Å²) in [5, 5.41) is 5.22. The summed E-state index contributed by atoms with van der Waals surface area (Å²) < 4.78 is 0. The molecule has 1 heterocycles. The van der Waals surface area contributed by atoms with Gasteiger partial charge in [0, 0.05) is 24.6 Å². The number of carbonyl (C=O) groups is 3. The molecule has 26 heavy (non-hydrogen) atoms. The maximum absolute atomic E-state index is 12.5. The molecule has 136 valence electrons. The Morgan fingerprint density at radius 1 is 1.04 bits per heavy atom. The van der Waals surface area contributed by atoms with Crippen LogP contribution in [0.1, 0.15) is 23.7 Å². The van der Waals surface area contributed by atoms with Gasteiger partial charge in [-0.25, -0.2) is 0 Å². The maximum atomic E-state index is 12.5. The molecule has 3 amide bonds. The second kappa shape index (κ2) is 9.93. The molecule has 0 saturated carbocycles. The smallest absolute Gasteiger partial charge is 0.255 e. The first kappa shape index (κ1) is 19.1. The molecule has 0 radical (unpaired) electrons. The third-order valence-corrected chi connectivity index (χ3v) is 3.53. The van der Waals surface area contributed by atoms with Gasteiger partial charge in [-0.1, -0.05) is 25.1 Å². The molecule has 0 aliphatic carbocycles. The van der Waals surface area contributed by atoms with E-state index < -0.39 is 0 Å². The Morgan fingerprint density at radius 2 is 1.81 bits per heavy atom. The zero-order valence-electron chi connectivity index (χ0n) is 14.6. The van der Waals surface area contributed by atoms with Crippen molar-refractivity contribution in [1.82, 2.24) is 15.2 Å². The van der Waals surface area contributed by atoms with Gasteiger partial charge in [-0.3, -0.25) is 19.4 Å². The monoisotopic (exact) mass is 354 g/mol. The maximum Gasteiger partial charge on any atom is 0.255 e. The van der Waals surface area contributed by atoms with Crippen LogP contribution >= 0.6 is 0 Å². The molecule has 2 aromatic rings. The lowest BCUT2D eigenvalue weighted by molar-refractivity contribution is -0.124. The van der Waals surface area contributed by atoms with Gasteiger partial charge in [-0.2, -0.15) is 0 Å². The van der Waals surface area contributed by atoms with E-state index in [4.69, 9.17) is 0 Å². The zero-order valence-corrected chi connectivity index (χ0v) is 14.6. The predicted octanol–water partition coefficient (Wildman–Crippen LogP) is 1.69. The summed E-state index contributed by atoms with van der Waals surface area (Å²) in [4.78, 5) is 41.8. The highest BCUT2D eigenvalue weighted by molar-refractivity contribution is 5.97. The number of nitrogens with one attached hydrogen (secondary N) is 2. The van der Waals surface area contributed by atoms with Gasteiger partial charge in [0.1, 0.15) is 0 Å². The van der Waals surface area contributed by atoms with Crippen molar-refractivity contribution < 1.29 is 14.4 Å². The Morgan fingerprint density at radius 3 is 2.46 bits per heavy atom. The summed E-state index contributed by atoms with van der Waals surface area (Å²) in [6.07, 6.45) is 3.77. The van der Waals surface area contributed by atoms with Crippen LogP contribution in [0.15, 0.2) is 54.9 Å². The van der Waals surface area contributed by atoms with E-state index in [0.717, 1.165) is 0 Å². The van der Waals surface area contributed by atoms with E-state index in [1.54, 1.807) is 42.6 Å². The van der Waals surface area contributed by atoms with Gasteiger partial charge >= 0.3 is 0 Å². The lowest BCUT2D eigenvalue weighted by Crippen LogP contribution is -2.43. The number of hydrogen-bond donors (Lipinski definition) is 2. The van der Waals surface area contributed by atoms with Crippen molar-refractivity contribution in [3.8, 4) is 0 Å². The Hall–Kier alpha value is -3.22. The van der Waals surface area contributed by atoms with Crippen molar-refractivity contribution in [3.63, 3.8) is 0 Å². The van der Waals surface area contributed by atoms with Crippen LogP contribution in [-0.4, -0.2) is 47.2 Å². The number of anilines is 1. The molecule has 0 atom stereocenters. The van der Waals surface area contributed by atoms with Crippen molar-refractivity contribution in [2.24, 2.45) is 0 Å². The summed E-state index contributed by atoms with van der Waals surface area (Å²) in [7, 11) is 0. The Bertz CT molecular complexity index is 735. The molecular formula is C19H22N4O3. The number of para-hydroxylation sites is 1. The third-order valence-electron chi connectivity index (χ3n) is 3.53. The van der Waals surface area contributed by atoms with E-state index in [2.05, 4.69) is 15.6 Å². The molecule has 0 spiro atoms. The molecule has 0 bridgehead atoms. The number of rotatable bonds is 8. The molecule has 1 aromatic heterocycles. The molecule has 0 aliphatic rings. The SMILES string of the molecule is CCCN(CC(=O)NCC(=O)Nc1ccccc1)C(=O)c1cccnc1. The van der Waals surface area contributed by atoms with Gasteiger partial charge < -0.3 is 15.5 Å². The lowest BCUT2D eigenvalue weighted by Gasteiger charge is -2.21. The molecule has 0 aliphatic heterocycles. The Balaban J connectivity index is 1.85. The molecule has 0 fully saturated rings. The van der Waals surface area contributed by atoms with Crippen LogP contribution < -0.4 is 10.6 Å². The zero-order chi connectivity index (χ0) is 18.8. The largest absolute Gasteiger partial charge is 0.345 e. The third kappa shape index (κ3) is 6.01. The van der Waals surface area contributed by atoms with Crippen LogP contribution in [0.25, 0.3) is 0 Å². The first-order valence-electron chi connectivity index (χ1n) is 8.41. The summed E-state index contributed by atoms with van der Waals surface area (Å²) in [5.74, 6) is -0.979. The summed E-state index contributed by atoms with van der Waals surface area (Å²) >= 11 is 0. The van der Waals surface area contributed by atoms with Crippen LogP contribution in [0.3, 0.4) is 0 Å². The number of benzene rings is 1. The van der Waals surface area contributed by atoms with Gasteiger partial charge in [-0.15, -0.1) is 0 Å². The predicted molar refractivity (Wildman–Crippen MR) is 98.5 cm³/mol. The van der Waals surface area contributed by atoms with Crippen molar-refractivity contribution in [2.45, 2.75) is 13.3 Å². The highest BCUT2D eigenvalue weighted by Gasteiger charge is 2.18. The number of hydrogen-bond acceptors (Lipinski definition) is 4. The van der Waals surface area contributed by atoms with Crippen molar-refractivity contribution in [2.75, 3.05) is 25.0 Å². The molecule has 2 N–H and O–H groups in total. The van der Waals surface area contributed by atoms with E-state index in [1.807, 2.05) is 13.0 Å². The van der Waals surface area contributed by atoms with Crippen molar-refractivity contribution in [1.29, 1.82) is 0 Å². The highest BCUT2D eigenvalue weighted by Crippen LogP contribution is 2.05. The summed E-state index contributed by atoms with van der Waals surface area (Å²) in [5.41, 5.74) is 1.08. The van der Waals surface area contributed by atoms with E-state index in [1.165, 1.54) is 11.1 Å². The number of aromatic nitrogens is 1. The lowest BCUT2D eigenvalue weighted by atomic mass is 10.2. The fraction of sp³-hybridized carbons (Fsp3) is 0.263. The van der Waals surface area contributed by atoms with Crippen LogP contribution in [-0.2, 0) is 9.59 Å². The van der Waals surface area contributed by atoms with E-state index in [-0.39, 0.29) is 30.8 Å². The van der Waals surface area contributed by atoms with Gasteiger partial charge in [0.15, 0.2) is 0 Å². The standard InChI is InChI=1S/C19H22N4O3/c1-2-11-23(19(26)15-7-6-10-20-12-15)14-18(25)21-13-17(24)22-16-8-4-3-5-9-16/h3-10,12H,2,11,13-14H2,1H3,(H,21,25)(H,22,24). The summed E-state index contributed by atoms with van der Waals surface area (Å²) in [6.45, 7) is 2.10. The van der Waals surface area contributed by atoms with Gasteiger partial charge in [-0.05, 0) is 30.7 Å². The number of nitrogens with zero attached hydrogens (tertiary/aromatic N) is 2. The number of amides is 3. The summed E-state index contributed by atoms with van der Waals surface area (Å²) in [6, 6.07) is 12.3. The minimum absolute atomic E-state index is 0.111. The first-order valence-corrected chi connectivity index (χ1v) is 8.41. The fourth-order valence-electron chi connectivity index (χ4n) is 2.33. The van der Waals surface area contributed by atoms with Crippen LogP contribution in [0.4, 0.5) is 5.69 Å². The minimum Gasteiger partial charge on any atom is -0.345 e. The molecule has 0 unspecified atom stereocenters. The van der Waals surface area contributed by atoms with Gasteiger partial charge in [0.05, 0.1) is 18.7 Å². The molecule has 0 saturated heterocycles. The topological polar surface area (TPSA) is 91.4 Å². The van der Waals surface area contributed by atoms with Crippen LogP contribution in [0.2, 0.25) is 0 Å². The second-order valence-electron chi connectivity index (χ2n) is 5.66. The van der Waals surface area contributed by atoms with E-state index in [9.17, 15) is 14.4 Å². The Labute approximate surface area is 152 Å². The van der Waals surface area contributed by atoms with E-state index >= 15 is 0 Å². The Kier molecular flexibility index (Phi) is 7.30. The molecule has 7 heteroatoms. The minimum atomic E-state index is -0.390. The molecule has 7 nitrogen and oxygen atoms in total. The van der Waals surface area contributed by atoms with Crippen molar-refractivity contribution in [3.05, 3.63) is 60.4 Å². The average Bonchev–Trinajstić information content (AvgIpc) is 2.67. The first-order chi connectivity index (χ1) is 12.6. The molecule has 1 aromatic carbocycles. The second-order valence-corrected chi connectivity index (χ2v) is 5.66. The highest BCUT2D eigenvalue weighted by atomic mass is 16.2. The van der Waals surface area contributed by atoms with Gasteiger partial charge in [0.25, 0.3) is 5.91 Å². The quantitative estimate of drug-likeness (QED) is 0.755. The van der Waals surface area contributed by atoms with E-state index in [0.29, 0.717) is 24.2 Å². The van der Waals surface area contributed by atoms with Crippen molar-refractivity contribution >= 4 is 23.4 Å². The number of pyridine rings is 1. The van der Waals surface area contributed by atoms with Crippen LogP contribution in [0, 0.1) is 0 Å².